The van der Waals surface area contributed by atoms with Gasteiger partial charge in [0.15, 0.2) is 0 Å². The van der Waals surface area contributed by atoms with E-state index in [0.717, 1.165) is 27.8 Å². The summed E-state index contributed by atoms with van der Waals surface area (Å²) >= 11 is 0. The van der Waals surface area contributed by atoms with Gasteiger partial charge in [0, 0.05) is 35.9 Å². The molecule has 27 heavy (non-hydrogen) atoms. The number of hydrazine groups is 1. The van der Waals surface area contributed by atoms with E-state index in [1.807, 2.05) is 54.0 Å². The highest BCUT2D eigenvalue weighted by atomic mass is 16.3. The number of anilines is 1. The van der Waals surface area contributed by atoms with Crippen LogP contribution < -0.4 is 10.4 Å². The lowest BCUT2D eigenvalue weighted by Gasteiger charge is -2.20. The summed E-state index contributed by atoms with van der Waals surface area (Å²) in [7, 11) is 0. The second-order valence-electron chi connectivity index (χ2n) is 6.08. The van der Waals surface area contributed by atoms with Gasteiger partial charge in [-0.2, -0.15) is 5.10 Å². The number of phenolic OH excluding ortho intramolecular Hbond substituents is 1. The van der Waals surface area contributed by atoms with Crippen molar-refractivity contribution in [3.05, 3.63) is 67.4 Å². The first-order chi connectivity index (χ1) is 13.3. The molecule has 0 fully saturated rings. The van der Waals surface area contributed by atoms with Crippen LogP contribution in [0.5, 0.6) is 5.75 Å². The molecule has 4 heterocycles. The molecular weight excluding hydrogens is 342 g/mol. The number of aromatic amines is 2. The zero-order valence-corrected chi connectivity index (χ0v) is 14.1. The van der Waals surface area contributed by atoms with Gasteiger partial charge in [-0.05, 0) is 35.9 Å². The van der Waals surface area contributed by atoms with E-state index in [2.05, 4.69) is 30.8 Å². The minimum Gasteiger partial charge on any atom is -0.507 e. The van der Waals surface area contributed by atoms with Gasteiger partial charge in [-0.15, -0.1) is 10.2 Å². The second-order valence-corrected chi connectivity index (χ2v) is 6.08. The van der Waals surface area contributed by atoms with Crippen molar-refractivity contribution >= 4 is 16.7 Å². The van der Waals surface area contributed by atoms with Crippen LogP contribution >= 0.6 is 0 Å². The average molecular weight is 357 g/mol. The Morgan fingerprint density at radius 2 is 1.96 bits per heavy atom. The average Bonchev–Trinajstić information content (AvgIpc) is 3.38. The lowest BCUT2D eigenvalue weighted by atomic mass is 10.0. The summed E-state index contributed by atoms with van der Waals surface area (Å²) in [6.45, 7) is 0. The Hall–Kier alpha value is -4.07. The zero-order chi connectivity index (χ0) is 18.2. The summed E-state index contributed by atoms with van der Waals surface area (Å²) < 4.78 is 0. The van der Waals surface area contributed by atoms with Crippen molar-refractivity contribution in [3.63, 3.8) is 0 Å². The van der Waals surface area contributed by atoms with E-state index in [9.17, 15) is 5.11 Å². The molecule has 4 aromatic rings. The molecule has 1 aliphatic rings. The molecule has 0 saturated carbocycles. The molecule has 0 aliphatic carbocycles. The van der Waals surface area contributed by atoms with Crippen LogP contribution in [-0.4, -0.2) is 30.5 Å². The number of aromatic hydroxyl groups is 1. The Bertz CT molecular complexity index is 1170. The van der Waals surface area contributed by atoms with Gasteiger partial charge >= 0.3 is 0 Å². The molecule has 4 N–H and O–H groups in total. The van der Waals surface area contributed by atoms with E-state index in [0.29, 0.717) is 11.3 Å². The molecule has 3 aromatic heterocycles. The lowest BCUT2D eigenvalue weighted by molar-refractivity contribution is 0.477. The van der Waals surface area contributed by atoms with Crippen molar-refractivity contribution in [1.29, 1.82) is 0 Å². The molecule has 0 unspecified atom stereocenters. The number of phenols is 1. The monoisotopic (exact) mass is 357 g/mol. The van der Waals surface area contributed by atoms with Crippen molar-refractivity contribution < 1.29 is 5.11 Å². The molecule has 0 radical (unpaired) electrons. The number of hydrogen-bond acceptors (Lipinski definition) is 6. The second kappa shape index (κ2) is 6.03. The van der Waals surface area contributed by atoms with Crippen molar-refractivity contribution in [2.45, 2.75) is 0 Å². The molecule has 0 atom stereocenters. The van der Waals surface area contributed by atoms with Gasteiger partial charge < -0.3 is 15.5 Å². The highest BCUT2D eigenvalue weighted by Crippen LogP contribution is 2.34. The van der Waals surface area contributed by atoms with Crippen LogP contribution in [0.15, 0.2) is 67.4 Å². The smallest absolute Gasteiger partial charge is 0.136 e. The Morgan fingerprint density at radius 3 is 2.74 bits per heavy atom. The maximum absolute atomic E-state index is 10.5. The molecule has 0 amide bonds. The van der Waals surface area contributed by atoms with Crippen molar-refractivity contribution in [3.8, 4) is 28.1 Å². The summed E-state index contributed by atoms with van der Waals surface area (Å²) in [6.07, 6.45) is 12.9. The Labute approximate surface area is 153 Å². The third kappa shape index (κ3) is 2.60. The first kappa shape index (κ1) is 15.2. The summed E-state index contributed by atoms with van der Waals surface area (Å²) in [5.41, 5.74) is 8.54. The number of hydrogen-bond donors (Lipinski definition) is 4. The molecule has 132 valence electrons. The van der Waals surface area contributed by atoms with Crippen LogP contribution in [0.4, 0.5) is 5.69 Å². The molecule has 8 nitrogen and oxygen atoms in total. The van der Waals surface area contributed by atoms with Gasteiger partial charge in [-0.25, -0.2) is 0 Å². The van der Waals surface area contributed by atoms with E-state index in [1.165, 1.54) is 0 Å². The third-order valence-electron chi connectivity index (χ3n) is 4.42. The van der Waals surface area contributed by atoms with Crippen LogP contribution in [0.25, 0.3) is 33.4 Å². The maximum Gasteiger partial charge on any atom is 0.136 e. The number of fused-ring (bicyclic) bond motifs is 1. The molecule has 0 spiro atoms. The van der Waals surface area contributed by atoms with Gasteiger partial charge in [0.25, 0.3) is 0 Å². The number of nitrogens with one attached hydrogen (secondary N) is 3. The van der Waals surface area contributed by atoms with Crippen LogP contribution in [0.1, 0.15) is 0 Å². The van der Waals surface area contributed by atoms with Gasteiger partial charge in [-0.1, -0.05) is 6.07 Å². The predicted molar refractivity (Wildman–Crippen MR) is 102 cm³/mol. The number of rotatable bonds is 3. The van der Waals surface area contributed by atoms with Gasteiger partial charge in [0.2, 0.25) is 0 Å². The topological polar surface area (TPSA) is 106 Å². The Balaban J connectivity index is 1.52. The molecule has 0 bridgehead atoms. The number of H-pyrrole nitrogens is 2. The van der Waals surface area contributed by atoms with E-state index in [4.69, 9.17) is 0 Å². The fraction of sp³-hybridized carbons (Fsp3) is 0. The first-order valence-electron chi connectivity index (χ1n) is 8.36. The van der Waals surface area contributed by atoms with Crippen LogP contribution in [-0.2, 0) is 0 Å². The first-order valence-corrected chi connectivity index (χ1v) is 8.36. The number of allylic oxidation sites excluding steroid dienone is 2. The SMILES string of the molecule is Oc1cc(-c2cn[nH]c2)ccc1-c1cc2[nH]cc(N3C=CC=CN3)c2nn1. The minimum atomic E-state index is 0.139. The summed E-state index contributed by atoms with van der Waals surface area (Å²) in [6, 6.07) is 7.32. The highest BCUT2D eigenvalue weighted by Gasteiger charge is 2.15. The number of nitrogens with zero attached hydrogens (tertiary/aromatic N) is 4. The zero-order valence-electron chi connectivity index (χ0n) is 14.1. The number of benzene rings is 1. The minimum absolute atomic E-state index is 0.139. The highest BCUT2D eigenvalue weighted by molar-refractivity contribution is 5.91. The molecule has 1 aliphatic heterocycles. The maximum atomic E-state index is 10.5. The largest absolute Gasteiger partial charge is 0.507 e. The van der Waals surface area contributed by atoms with E-state index in [-0.39, 0.29) is 5.75 Å². The Kier molecular flexibility index (Phi) is 3.39. The molecule has 5 rings (SSSR count). The lowest BCUT2D eigenvalue weighted by Crippen LogP contribution is -2.29. The predicted octanol–water partition coefficient (Wildman–Crippen LogP) is 3.07. The van der Waals surface area contributed by atoms with Crippen LogP contribution in [0.3, 0.4) is 0 Å². The molecule has 8 heteroatoms. The van der Waals surface area contributed by atoms with Gasteiger partial charge in [-0.3, -0.25) is 10.1 Å². The van der Waals surface area contributed by atoms with Crippen molar-refractivity contribution in [1.82, 2.24) is 30.8 Å². The van der Waals surface area contributed by atoms with Crippen molar-refractivity contribution in [2.24, 2.45) is 0 Å². The molecular formula is C19H15N7O. The van der Waals surface area contributed by atoms with Crippen LogP contribution in [0.2, 0.25) is 0 Å². The molecule has 1 aromatic carbocycles. The van der Waals surface area contributed by atoms with Crippen LogP contribution in [0, 0.1) is 0 Å². The molecule has 0 saturated heterocycles. The Morgan fingerprint density at radius 1 is 1.00 bits per heavy atom. The summed E-state index contributed by atoms with van der Waals surface area (Å²) in [5.74, 6) is 0.139. The summed E-state index contributed by atoms with van der Waals surface area (Å²) in [4.78, 5) is 3.21. The van der Waals surface area contributed by atoms with E-state index in [1.54, 1.807) is 18.5 Å². The van der Waals surface area contributed by atoms with E-state index >= 15 is 0 Å². The normalized spacial score (nSPS) is 13.3. The fourth-order valence-electron chi connectivity index (χ4n) is 3.06. The fourth-order valence-corrected chi connectivity index (χ4v) is 3.06. The van der Waals surface area contributed by atoms with Gasteiger partial charge in [0.05, 0.1) is 17.4 Å². The summed E-state index contributed by atoms with van der Waals surface area (Å²) in [5, 5.41) is 27.7. The quantitative estimate of drug-likeness (QED) is 0.449. The number of aromatic nitrogens is 5. The van der Waals surface area contributed by atoms with Crippen molar-refractivity contribution in [2.75, 3.05) is 5.01 Å². The standard InChI is InChI=1S/C19H15N7O/c27-18-7-12(13-9-21-22-10-13)3-4-14(18)15-8-16-19(25-24-15)17(11-20-16)26-6-2-1-5-23-26/h1-11,20,23,27H,(H,21,22). The van der Waals surface area contributed by atoms with E-state index < -0.39 is 0 Å². The third-order valence-corrected chi connectivity index (χ3v) is 4.42. The van der Waals surface area contributed by atoms with Gasteiger partial charge in [0.1, 0.15) is 17.0 Å².